The molecule has 2 N–H and O–H groups in total. The maximum atomic E-state index is 5.78. The molecule has 0 aromatic heterocycles. The maximum Gasteiger partial charge on any atom is 0.0369 e. The van der Waals surface area contributed by atoms with E-state index in [4.69, 9.17) is 5.73 Å². The quantitative estimate of drug-likeness (QED) is 0.866. The van der Waals surface area contributed by atoms with Crippen LogP contribution in [0.2, 0.25) is 0 Å². The summed E-state index contributed by atoms with van der Waals surface area (Å²) in [6.45, 7) is 11.1. The zero-order chi connectivity index (χ0) is 14.4. The van der Waals surface area contributed by atoms with E-state index in [1.165, 1.54) is 43.7 Å². The van der Waals surface area contributed by atoms with Crippen molar-refractivity contribution >= 4 is 5.69 Å². The van der Waals surface area contributed by atoms with Crippen LogP contribution in [0, 0.1) is 12.8 Å². The topological polar surface area (TPSA) is 32.5 Å². The summed E-state index contributed by atoms with van der Waals surface area (Å²) in [6, 6.07) is 8.84. The fourth-order valence-corrected chi connectivity index (χ4v) is 2.91. The first-order chi connectivity index (χ1) is 9.72. The van der Waals surface area contributed by atoms with Crippen molar-refractivity contribution in [3.8, 4) is 0 Å². The minimum Gasteiger partial charge on any atom is -0.369 e. The molecule has 0 aliphatic carbocycles. The molecule has 1 aromatic carbocycles. The Balaban J connectivity index is 1.78. The van der Waals surface area contributed by atoms with Crippen LogP contribution in [0.5, 0.6) is 0 Å². The van der Waals surface area contributed by atoms with Crippen molar-refractivity contribution < 1.29 is 0 Å². The number of hydrogen-bond donors (Lipinski definition) is 1. The third-order valence-electron chi connectivity index (χ3n) is 4.50. The lowest BCUT2D eigenvalue weighted by atomic mass is 10.0. The van der Waals surface area contributed by atoms with Crippen LogP contribution in [-0.2, 0) is 0 Å². The van der Waals surface area contributed by atoms with E-state index in [9.17, 15) is 0 Å². The smallest absolute Gasteiger partial charge is 0.0369 e. The maximum absolute atomic E-state index is 5.78. The normalized spacial score (nSPS) is 18.2. The monoisotopic (exact) mass is 275 g/mol. The van der Waals surface area contributed by atoms with Gasteiger partial charge in [-0.15, -0.1) is 0 Å². The molecule has 1 heterocycles. The number of anilines is 1. The van der Waals surface area contributed by atoms with Crippen LogP contribution < -0.4 is 10.6 Å². The van der Waals surface area contributed by atoms with Crippen molar-refractivity contribution in [3.05, 3.63) is 29.8 Å². The molecule has 0 amide bonds. The van der Waals surface area contributed by atoms with Crippen LogP contribution in [0.1, 0.15) is 25.3 Å². The predicted octanol–water partition coefficient (Wildman–Crippen LogP) is 2.49. The fourth-order valence-electron chi connectivity index (χ4n) is 2.91. The van der Waals surface area contributed by atoms with E-state index in [0.717, 1.165) is 19.6 Å². The number of benzene rings is 1. The number of rotatable bonds is 6. The van der Waals surface area contributed by atoms with E-state index < -0.39 is 0 Å². The second-order valence-corrected chi connectivity index (χ2v) is 5.97. The molecule has 1 saturated heterocycles. The van der Waals surface area contributed by atoms with Gasteiger partial charge in [0, 0.05) is 31.9 Å². The Hall–Kier alpha value is -1.06. The standard InChI is InChI=1S/C17H29N3/c1-3-16(14-18)7-8-19-9-11-20(12-10-19)17-6-4-5-15(2)13-17/h4-6,13,16H,3,7-12,14,18H2,1-2H3. The van der Waals surface area contributed by atoms with Gasteiger partial charge in [-0.3, -0.25) is 4.90 Å². The van der Waals surface area contributed by atoms with Crippen molar-refractivity contribution in [1.29, 1.82) is 0 Å². The van der Waals surface area contributed by atoms with Gasteiger partial charge in [0.15, 0.2) is 0 Å². The summed E-state index contributed by atoms with van der Waals surface area (Å²) in [5, 5.41) is 0. The van der Waals surface area contributed by atoms with Crippen LogP contribution in [0.25, 0.3) is 0 Å². The van der Waals surface area contributed by atoms with E-state index in [-0.39, 0.29) is 0 Å². The van der Waals surface area contributed by atoms with E-state index >= 15 is 0 Å². The molecule has 3 nitrogen and oxygen atoms in total. The molecule has 1 aliphatic heterocycles. The van der Waals surface area contributed by atoms with Crippen LogP contribution in [0.3, 0.4) is 0 Å². The summed E-state index contributed by atoms with van der Waals surface area (Å²) in [7, 11) is 0. The van der Waals surface area contributed by atoms with E-state index in [1.54, 1.807) is 0 Å². The average Bonchev–Trinajstić information content (AvgIpc) is 2.49. The Labute approximate surface area is 123 Å². The van der Waals surface area contributed by atoms with Crippen molar-refractivity contribution in [1.82, 2.24) is 4.90 Å². The van der Waals surface area contributed by atoms with Crippen LogP contribution in [-0.4, -0.2) is 44.2 Å². The largest absolute Gasteiger partial charge is 0.369 e. The summed E-state index contributed by atoms with van der Waals surface area (Å²) in [6.07, 6.45) is 2.46. The van der Waals surface area contributed by atoms with Crippen molar-refractivity contribution in [2.45, 2.75) is 26.7 Å². The number of nitrogens with zero attached hydrogens (tertiary/aromatic N) is 2. The number of hydrogen-bond acceptors (Lipinski definition) is 3. The second kappa shape index (κ2) is 7.65. The Morgan fingerprint density at radius 2 is 1.95 bits per heavy atom. The molecule has 20 heavy (non-hydrogen) atoms. The summed E-state index contributed by atoms with van der Waals surface area (Å²) in [4.78, 5) is 5.09. The molecule has 3 heteroatoms. The van der Waals surface area contributed by atoms with Gasteiger partial charge in [-0.1, -0.05) is 25.5 Å². The summed E-state index contributed by atoms with van der Waals surface area (Å²) >= 11 is 0. The first kappa shape index (κ1) is 15.3. The van der Waals surface area contributed by atoms with Gasteiger partial charge < -0.3 is 10.6 Å². The molecule has 1 atom stereocenters. The lowest BCUT2D eigenvalue weighted by molar-refractivity contribution is 0.237. The summed E-state index contributed by atoms with van der Waals surface area (Å²) in [5.41, 5.74) is 8.50. The summed E-state index contributed by atoms with van der Waals surface area (Å²) < 4.78 is 0. The molecule has 0 saturated carbocycles. The Kier molecular flexibility index (Phi) is 5.86. The number of piperazine rings is 1. The molecule has 1 fully saturated rings. The third-order valence-corrected chi connectivity index (χ3v) is 4.50. The molecule has 112 valence electrons. The van der Waals surface area contributed by atoms with Crippen LogP contribution >= 0.6 is 0 Å². The molecule has 0 bridgehead atoms. The van der Waals surface area contributed by atoms with Crippen LogP contribution in [0.4, 0.5) is 5.69 Å². The van der Waals surface area contributed by atoms with Crippen molar-refractivity contribution in [2.24, 2.45) is 11.7 Å². The van der Waals surface area contributed by atoms with E-state index in [1.807, 2.05) is 0 Å². The fraction of sp³-hybridized carbons (Fsp3) is 0.647. The van der Waals surface area contributed by atoms with Gasteiger partial charge in [0.2, 0.25) is 0 Å². The Morgan fingerprint density at radius 1 is 1.20 bits per heavy atom. The minimum absolute atomic E-state index is 0.699. The Bertz CT molecular complexity index is 393. The predicted molar refractivity (Wildman–Crippen MR) is 87.3 cm³/mol. The van der Waals surface area contributed by atoms with Crippen molar-refractivity contribution in [3.63, 3.8) is 0 Å². The van der Waals surface area contributed by atoms with E-state index in [0.29, 0.717) is 5.92 Å². The van der Waals surface area contributed by atoms with Gasteiger partial charge in [0.1, 0.15) is 0 Å². The van der Waals surface area contributed by atoms with Gasteiger partial charge in [0.25, 0.3) is 0 Å². The minimum atomic E-state index is 0.699. The molecule has 0 radical (unpaired) electrons. The molecule has 0 spiro atoms. The lowest BCUT2D eigenvalue weighted by Crippen LogP contribution is -2.47. The molecular formula is C17H29N3. The molecule has 1 unspecified atom stereocenters. The summed E-state index contributed by atoms with van der Waals surface area (Å²) in [5.74, 6) is 0.699. The highest BCUT2D eigenvalue weighted by molar-refractivity contribution is 5.48. The van der Waals surface area contributed by atoms with Gasteiger partial charge in [0.05, 0.1) is 0 Å². The molecule has 2 rings (SSSR count). The van der Waals surface area contributed by atoms with Crippen LogP contribution in [0.15, 0.2) is 24.3 Å². The van der Waals surface area contributed by atoms with Gasteiger partial charge in [-0.25, -0.2) is 0 Å². The average molecular weight is 275 g/mol. The highest BCUT2D eigenvalue weighted by Crippen LogP contribution is 2.18. The highest BCUT2D eigenvalue weighted by Gasteiger charge is 2.17. The molecular weight excluding hydrogens is 246 g/mol. The molecule has 1 aromatic rings. The second-order valence-electron chi connectivity index (χ2n) is 5.97. The number of nitrogens with two attached hydrogens (primary N) is 1. The van der Waals surface area contributed by atoms with E-state index in [2.05, 4.69) is 47.9 Å². The van der Waals surface area contributed by atoms with Gasteiger partial charge >= 0.3 is 0 Å². The Morgan fingerprint density at radius 3 is 2.55 bits per heavy atom. The highest BCUT2D eigenvalue weighted by atomic mass is 15.3. The lowest BCUT2D eigenvalue weighted by Gasteiger charge is -2.36. The third kappa shape index (κ3) is 4.22. The number of aryl methyl sites for hydroxylation is 1. The SMILES string of the molecule is CCC(CN)CCN1CCN(c2cccc(C)c2)CC1. The zero-order valence-electron chi connectivity index (χ0n) is 13.0. The first-order valence-corrected chi connectivity index (χ1v) is 7.97. The molecule has 1 aliphatic rings. The zero-order valence-corrected chi connectivity index (χ0v) is 13.0. The van der Waals surface area contributed by atoms with Gasteiger partial charge in [-0.2, -0.15) is 0 Å². The van der Waals surface area contributed by atoms with Crippen molar-refractivity contribution in [2.75, 3.05) is 44.2 Å². The first-order valence-electron chi connectivity index (χ1n) is 7.97. The van der Waals surface area contributed by atoms with Gasteiger partial charge in [-0.05, 0) is 50.0 Å².